The van der Waals surface area contributed by atoms with Crippen molar-refractivity contribution in [2.75, 3.05) is 25.2 Å². The van der Waals surface area contributed by atoms with Crippen molar-refractivity contribution in [2.45, 2.75) is 0 Å². The van der Waals surface area contributed by atoms with E-state index in [4.69, 9.17) is 10.5 Å². The second-order valence-corrected chi connectivity index (χ2v) is 2.66. The molecule has 4 N–H and O–H groups in total. The Morgan fingerprint density at radius 3 is 2.71 bits per heavy atom. The highest BCUT2D eigenvalue weighted by Gasteiger charge is 2.03. The third-order valence-corrected chi connectivity index (χ3v) is 1.73. The first-order valence-corrected chi connectivity index (χ1v) is 4.09. The van der Waals surface area contributed by atoms with Gasteiger partial charge in [0.05, 0.1) is 18.5 Å². The molecule has 76 valence electrons. The lowest BCUT2D eigenvalue weighted by Crippen LogP contribution is -2.24. The standard InChI is InChI=1S/C9H13N3O2/c1-11-9(13)12-8-4-3-6(14-2)5-7(8)10/h3-5H,10H2,1-2H3,(H2,11,12,13). The minimum Gasteiger partial charge on any atom is -0.497 e. The smallest absolute Gasteiger partial charge is 0.319 e. The molecule has 1 rings (SSSR count). The molecule has 0 atom stereocenters. The van der Waals surface area contributed by atoms with Crippen molar-refractivity contribution in [3.05, 3.63) is 18.2 Å². The van der Waals surface area contributed by atoms with E-state index in [9.17, 15) is 4.79 Å². The Morgan fingerprint density at radius 2 is 2.21 bits per heavy atom. The third-order valence-electron chi connectivity index (χ3n) is 1.73. The third kappa shape index (κ3) is 2.29. The quantitative estimate of drug-likeness (QED) is 0.617. The summed E-state index contributed by atoms with van der Waals surface area (Å²) in [6, 6.07) is 4.75. The van der Waals surface area contributed by atoms with E-state index in [1.807, 2.05) is 0 Å². The maximum Gasteiger partial charge on any atom is 0.319 e. The van der Waals surface area contributed by atoms with E-state index < -0.39 is 0 Å². The number of nitrogens with two attached hydrogens (primary N) is 1. The Labute approximate surface area is 82.2 Å². The van der Waals surface area contributed by atoms with E-state index >= 15 is 0 Å². The van der Waals surface area contributed by atoms with Crippen LogP contribution >= 0.6 is 0 Å². The van der Waals surface area contributed by atoms with Crippen LogP contribution in [-0.2, 0) is 0 Å². The molecule has 5 nitrogen and oxygen atoms in total. The number of carbonyl (C=O) groups excluding carboxylic acids is 1. The van der Waals surface area contributed by atoms with Gasteiger partial charge >= 0.3 is 6.03 Å². The summed E-state index contributed by atoms with van der Waals surface area (Å²) in [4.78, 5) is 11.0. The molecule has 5 heteroatoms. The molecule has 14 heavy (non-hydrogen) atoms. The molecule has 2 amide bonds. The van der Waals surface area contributed by atoms with Gasteiger partial charge in [-0.25, -0.2) is 4.79 Å². The van der Waals surface area contributed by atoms with Crippen LogP contribution in [0.5, 0.6) is 5.75 Å². The van der Waals surface area contributed by atoms with Gasteiger partial charge in [-0.1, -0.05) is 0 Å². The molecule has 0 aliphatic carbocycles. The van der Waals surface area contributed by atoms with Crippen LogP contribution in [0, 0.1) is 0 Å². The number of anilines is 2. The minimum atomic E-state index is -0.304. The van der Waals surface area contributed by atoms with Crippen LogP contribution in [0.1, 0.15) is 0 Å². The van der Waals surface area contributed by atoms with Crippen LogP contribution in [0.4, 0.5) is 16.2 Å². The van der Waals surface area contributed by atoms with Gasteiger partial charge in [0.25, 0.3) is 0 Å². The normalized spacial score (nSPS) is 9.29. The van der Waals surface area contributed by atoms with Gasteiger partial charge in [-0.3, -0.25) is 0 Å². The Hall–Kier alpha value is -1.91. The van der Waals surface area contributed by atoms with E-state index in [1.165, 1.54) is 7.05 Å². The number of rotatable bonds is 2. The Bertz CT molecular complexity index is 339. The largest absolute Gasteiger partial charge is 0.497 e. The molecule has 0 aliphatic rings. The molecule has 0 unspecified atom stereocenters. The average Bonchev–Trinajstić information content (AvgIpc) is 2.20. The number of benzene rings is 1. The van der Waals surface area contributed by atoms with Crippen molar-refractivity contribution < 1.29 is 9.53 Å². The number of carbonyl (C=O) groups is 1. The van der Waals surface area contributed by atoms with Gasteiger partial charge in [0.2, 0.25) is 0 Å². The summed E-state index contributed by atoms with van der Waals surface area (Å²) in [6.45, 7) is 0. The number of amides is 2. The Kier molecular flexibility index (Phi) is 3.17. The maximum atomic E-state index is 11.0. The lowest BCUT2D eigenvalue weighted by atomic mass is 10.2. The number of methoxy groups -OCH3 is 1. The Balaban J connectivity index is 2.83. The summed E-state index contributed by atoms with van der Waals surface area (Å²) >= 11 is 0. The summed E-state index contributed by atoms with van der Waals surface area (Å²) in [7, 11) is 3.09. The Morgan fingerprint density at radius 1 is 1.50 bits per heavy atom. The van der Waals surface area contributed by atoms with E-state index in [0.29, 0.717) is 17.1 Å². The molecule has 0 aromatic heterocycles. The van der Waals surface area contributed by atoms with Crippen molar-refractivity contribution >= 4 is 17.4 Å². The van der Waals surface area contributed by atoms with Crippen LogP contribution in [0.15, 0.2) is 18.2 Å². The first-order valence-electron chi connectivity index (χ1n) is 4.09. The van der Waals surface area contributed by atoms with Gasteiger partial charge < -0.3 is 21.1 Å². The van der Waals surface area contributed by atoms with Gasteiger partial charge in [-0.2, -0.15) is 0 Å². The van der Waals surface area contributed by atoms with E-state index in [0.717, 1.165) is 0 Å². The number of ether oxygens (including phenoxy) is 1. The van der Waals surface area contributed by atoms with Gasteiger partial charge in [0, 0.05) is 13.1 Å². The SMILES string of the molecule is CNC(=O)Nc1ccc(OC)cc1N. The van der Waals surface area contributed by atoms with E-state index in [1.54, 1.807) is 25.3 Å². The van der Waals surface area contributed by atoms with Gasteiger partial charge in [0.15, 0.2) is 0 Å². The summed E-state index contributed by atoms with van der Waals surface area (Å²) in [5.74, 6) is 0.657. The molecule has 0 saturated carbocycles. The number of nitrogens with one attached hydrogen (secondary N) is 2. The van der Waals surface area contributed by atoms with Crippen LogP contribution in [0.25, 0.3) is 0 Å². The van der Waals surface area contributed by atoms with E-state index in [2.05, 4.69) is 10.6 Å². The van der Waals surface area contributed by atoms with Crippen LogP contribution in [0.3, 0.4) is 0 Å². The van der Waals surface area contributed by atoms with Gasteiger partial charge in [-0.15, -0.1) is 0 Å². The predicted octanol–water partition coefficient (Wildman–Crippen LogP) is 1.03. The molecular formula is C9H13N3O2. The minimum absolute atomic E-state index is 0.304. The zero-order chi connectivity index (χ0) is 10.6. The van der Waals surface area contributed by atoms with E-state index in [-0.39, 0.29) is 6.03 Å². The fourth-order valence-electron chi connectivity index (χ4n) is 0.966. The van der Waals surface area contributed by atoms with Gasteiger partial charge in [-0.05, 0) is 12.1 Å². The molecule has 0 fully saturated rings. The molecule has 0 saturated heterocycles. The lowest BCUT2D eigenvalue weighted by Gasteiger charge is -2.08. The number of urea groups is 1. The number of hydrogen-bond acceptors (Lipinski definition) is 3. The highest BCUT2D eigenvalue weighted by Crippen LogP contribution is 2.23. The molecule has 1 aromatic carbocycles. The number of hydrogen-bond donors (Lipinski definition) is 3. The summed E-state index contributed by atoms with van der Waals surface area (Å²) < 4.78 is 4.97. The van der Waals surface area contributed by atoms with Crippen molar-refractivity contribution in [1.29, 1.82) is 0 Å². The fourth-order valence-corrected chi connectivity index (χ4v) is 0.966. The first kappa shape index (κ1) is 10.2. The predicted molar refractivity (Wildman–Crippen MR) is 55.5 cm³/mol. The lowest BCUT2D eigenvalue weighted by molar-refractivity contribution is 0.254. The molecule has 0 spiro atoms. The topological polar surface area (TPSA) is 76.4 Å². The second kappa shape index (κ2) is 4.36. The summed E-state index contributed by atoms with van der Waals surface area (Å²) in [5.41, 5.74) is 6.70. The highest BCUT2D eigenvalue weighted by molar-refractivity contribution is 5.92. The van der Waals surface area contributed by atoms with Gasteiger partial charge in [0.1, 0.15) is 5.75 Å². The summed E-state index contributed by atoms with van der Waals surface area (Å²) in [6.07, 6.45) is 0. The molecule has 1 aromatic rings. The summed E-state index contributed by atoms with van der Waals surface area (Å²) in [5, 5.41) is 5.01. The monoisotopic (exact) mass is 195 g/mol. The van der Waals surface area contributed by atoms with Crippen molar-refractivity contribution in [1.82, 2.24) is 5.32 Å². The zero-order valence-corrected chi connectivity index (χ0v) is 8.13. The molecule has 0 radical (unpaired) electrons. The number of nitrogen functional groups attached to an aromatic ring is 1. The van der Waals surface area contributed by atoms with Crippen LogP contribution in [-0.4, -0.2) is 20.2 Å². The van der Waals surface area contributed by atoms with Crippen LogP contribution < -0.4 is 21.1 Å². The van der Waals surface area contributed by atoms with Crippen molar-refractivity contribution in [2.24, 2.45) is 0 Å². The average molecular weight is 195 g/mol. The molecule has 0 bridgehead atoms. The molecule has 0 heterocycles. The van der Waals surface area contributed by atoms with Crippen molar-refractivity contribution in [3.8, 4) is 5.75 Å². The zero-order valence-electron chi connectivity index (χ0n) is 8.13. The maximum absolute atomic E-state index is 11.0. The van der Waals surface area contributed by atoms with Crippen molar-refractivity contribution in [3.63, 3.8) is 0 Å². The first-order chi connectivity index (χ1) is 6.67. The highest BCUT2D eigenvalue weighted by atomic mass is 16.5. The molecular weight excluding hydrogens is 182 g/mol. The molecule has 0 aliphatic heterocycles. The van der Waals surface area contributed by atoms with Crippen LogP contribution in [0.2, 0.25) is 0 Å². The second-order valence-electron chi connectivity index (χ2n) is 2.66. The fraction of sp³-hybridized carbons (Fsp3) is 0.222.